The molecular formula is C43H32NOP. The minimum absolute atomic E-state index is 0.326. The number of rotatable bonds is 3. The number of hydrogen-bond donors (Lipinski definition) is 0. The minimum atomic E-state index is -3.19. The molecule has 0 spiro atoms. The van der Waals surface area contributed by atoms with Crippen molar-refractivity contribution in [2.45, 2.75) is 19.3 Å². The Morgan fingerprint density at radius 3 is 1.96 bits per heavy atom. The fourth-order valence-electron chi connectivity index (χ4n) is 7.79. The molecule has 0 saturated heterocycles. The van der Waals surface area contributed by atoms with Crippen LogP contribution in [0.1, 0.15) is 25.0 Å². The van der Waals surface area contributed by atoms with Crippen LogP contribution in [0.3, 0.4) is 0 Å². The van der Waals surface area contributed by atoms with Crippen LogP contribution in [-0.4, -0.2) is 4.57 Å². The lowest BCUT2D eigenvalue weighted by molar-refractivity contribution is 0.586. The summed E-state index contributed by atoms with van der Waals surface area (Å²) < 4.78 is 18.2. The second kappa shape index (κ2) is 9.91. The number of aromatic nitrogens is 1. The first kappa shape index (κ1) is 27.2. The van der Waals surface area contributed by atoms with Gasteiger partial charge in [-0.25, -0.2) is 0 Å². The average Bonchev–Trinajstić information content (AvgIpc) is 3.44. The maximum Gasteiger partial charge on any atom is 0.172 e. The van der Waals surface area contributed by atoms with Gasteiger partial charge in [-0.3, -0.25) is 0 Å². The molecule has 0 saturated carbocycles. The molecule has 1 atom stereocenters. The first-order chi connectivity index (χ1) is 22.5. The number of para-hydroxylation sites is 2. The normalized spacial score (nSPS) is 16.8. The van der Waals surface area contributed by atoms with E-state index in [-0.39, 0.29) is 5.41 Å². The molecule has 1 aromatic heterocycles. The van der Waals surface area contributed by atoms with E-state index in [1.165, 1.54) is 21.8 Å². The van der Waals surface area contributed by atoms with E-state index in [0.717, 1.165) is 54.6 Å². The highest BCUT2D eigenvalue weighted by Gasteiger charge is 2.45. The molecule has 220 valence electrons. The van der Waals surface area contributed by atoms with E-state index in [0.29, 0.717) is 0 Å². The van der Waals surface area contributed by atoms with Gasteiger partial charge >= 0.3 is 0 Å². The second-order valence-corrected chi connectivity index (χ2v) is 15.6. The number of hydrogen-bond acceptors (Lipinski definition) is 1. The summed E-state index contributed by atoms with van der Waals surface area (Å²) in [5.41, 5.74) is 7.76. The molecule has 0 fully saturated rings. The first-order valence-electron chi connectivity index (χ1n) is 15.9. The van der Waals surface area contributed by atoms with Crippen LogP contribution in [0, 0.1) is 0 Å². The van der Waals surface area contributed by atoms with Crippen molar-refractivity contribution in [3.63, 3.8) is 0 Å². The largest absolute Gasteiger partial charge is 0.309 e. The van der Waals surface area contributed by atoms with Gasteiger partial charge in [0.25, 0.3) is 0 Å². The molecule has 7 aromatic carbocycles. The van der Waals surface area contributed by atoms with E-state index in [1.807, 2.05) is 18.2 Å². The fourth-order valence-corrected chi connectivity index (χ4v) is 11.4. The summed E-state index contributed by atoms with van der Waals surface area (Å²) in [6.45, 7) is 4.55. The zero-order valence-electron chi connectivity index (χ0n) is 25.8. The van der Waals surface area contributed by atoms with Crippen molar-refractivity contribution in [2.24, 2.45) is 0 Å². The van der Waals surface area contributed by atoms with E-state index >= 15 is 4.57 Å². The number of benzene rings is 7. The highest BCUT2D eigenvalue weighted by Crippen LogP contribution is 2.54. The Morgan fingerprint density at radius 2 is 1.09 bits per heavy atom. The van der Waals surface area contributed by atoms with Crippen molar-refractivity contribution in [3.8, 4) is 16.8 Å². The van der Waals surface area contributed by atoms with Gasteiger partial charge in [-0.05, 0) is 75.5 Å². The Morgan fingerprint density at radius 1 is 0.478 bits per heavy atom. The van der Waals surface area contributed by atoms with Crippen molar-refractivity contribution in [1.29, 1.82) is 0 Å². The minimum Gasteiger partial charge on any atom is -0.309 e. The van der Waals surface area contributed by atoms with E-state index in [4.69, 9.17) is 0 Å². The van der Waals surface area contributed by atoms with Crippen molar-refractivity contribution < 1.29 is 4.57 Å². The van der Waals surface area contributed by atoms with E-state index < -0.39 is 7.14 Å². The summed E-state index contributed by atoms with van der Waals surface area (Å²) in [6.07, 6.45) is 0. The van der Waals surface area contributed by atoms with Crippen LogP contribution in [0.15, 0.2) is 158 Å². The molecular weight excluding hydrogens is 577 g/mol. The Labute approximate surface area is 269 Å². The lowest BCUT2D eigenvalue weighted by atomic mass is 9.77. The summed E-state index contributed by atoms with van der Waals surface area (Å²) in [5.74, 6) is 0. The van der Waals surface area contributed by atoms with Crippen LogP contribution in [0.4, 0.5) is 0 Å². The zero-order chi connectivity index (χ0) is 31.0. The Hall–Kier alpha value is -5.17. The maximum absolute atomic E-state index is 15.9. The van der Waals surface area contributed by atoms with Crippen LogP contribution in [0.5, 0.6) is 0 Å². The fraction of sp³-hybridized carbons (Fsp3) is 0.0698. The molecule has 2 nitrogen and oxygen atoms in total. The van der Waals surface area contributed by atoms with Crippen LogP contribution in [-0.2, 0) is 9.98 Å². The van der Waals surface area contributed by atoms with Crippen molar-refractivity contribution >= 4 is 55.6 Å². The van der Waals surface area contributed by atoms with Gasteiger partial charge in [-0.2, -0.15) is 0 Å². The molecule has 3 heteroatoms. The number of fused-ring (bicyclic) bond motifs is 6. The highest BCUT2D eigenvalue weighted by atomic mass is 31.2. The van der Waals surface area contributed by atoms with Gasteiger partial charge in [0, 0.05) is 37.8 Å². The van der Waals surface area contributed by atoms with Crippen LogP contribution >= 0.6 is 7.14 Å². The van der Waals surface area contributed by atoms with Crippen molar-refractivity contribution in [2.75, 3.05) is 0 Å². The van der Waals surface area contributed by atoms with Crippen LogP contribution in [0.25, 0.3) is 49.4 Å². The molecule has 0 aliphatic carbocycles. The first-order valence-corrected chi connectivity index (χ1v) is 17.6. The lowest BCUT2D eigenvalue weighted by Crippen LogP contribution is -2.42. The average molecular weight is 610 g/mol. The molecule has 0 radical (unpaired) electrons. The quantitative estimate of drug-likeness (QED) is 0.183. The summed E-state index contributed by atoms with van der Waals surface area (Å²) in [5, 5.41) is 7.43. The molecule has 46 heavy (non-hydrogen) atoms. The van der Waals surface area contributed by atoms with Gasteiger partial charge in [0.15, 0.2) is 7.14 Å². The topological polar surface area (TPSA) is 22.0 Å². The molecule has 1 aliphatic rings. The summed E-state index contributed by atoms with van der Waals surface area (Å²) in [6, 6.07) is 55.6. The SMILES string of the molecule is CC1(C)c2ccccc2P(=O)(c2cccc3ccccc23)c2ccc(-c3ccc4c(c3)c3ccccc3n4-c3ccccc3)cc21. The van der Waals surface area contributed by atoms with E-state index in [1.54, 1.807) is 0 Å². The van der Waals surface area contributed by atoms with Gasteiger partial charge in [-0.1, -0.05) is 129 Å². The predicted octanol–water partition coefficient (Wildman–Crippen LogP) is 9.88. The van der Waals surface area contributed by atoms with Gasteiger partial charge < -0.3 is 9.13 Å². The van der Waals surface area contributed by atoms with Crippen LogP contribution < -0.4 is 15.9 Å². The summed E-state index contributed by atoms with van der Waals surface area (Å²) in [7, 11) is -3.19. The number of nitrogens with zero attached hydrogens (tertiary/aromatic N) is 1. The lowest BCUT2D eigenvalue weighted by Gasteiger charge is -2.40. The third-order valence-electron chi connectivity index (χ3n) is 10.1. The molecule has 2 heterocycles. The standard InChI is InChI=1S/C43H32NOP/c1-43(2)36-19-9-11-21-41(36)46(45,40-22-12-14-29-13-6-7-17-33(29)40)42-26-24-31(28-37(42)43)30-23-25-39-35(27-30)34-18-8-10-20-38(34)44(39)32-15-4-3-5-16-32/h3-28H,1-2H3. The van der Waals surface area contributed by atoms with Crippen molar-refractivity contribution in [3.05, 3.63) is 169 Å². The maximum atomic E-state index is 15.9. The van der Waals surface area contributed by atoms with Crippen molar-refractivity contribution in [1.82, 2.24) is 4.57 Å². The molecule has 0 bridgehead atoms. The summed E-state index contributed by atoms with van der Waals surface area (Å²) >= 11 is 0. The van der Waals surface area contributed by atoms with E-state index in [2.05, 4.69) is 158 Å². The molecule has 1 aliphatic heterocycles. The third-order valence-corrected chi connectivity index (χ3v) is 13.3. The van der Waals surface area contributed by atoms with Gasteiger partial charge in [0.2, 0.25) is 0 Å². The highest BCUT2D eigenvalue weighted by molar-refractivity contribution is 7.86. The smallest absolute Gasteiger partial charge is 0.172 e. The second-order valence-electron chi connectivity index (χ2n) is 12.9. The molecule has 0 amide bonds. The molecule has 9 rings (SSSR count). The summed E-state index contributed by atoms with van der Waals surface area (Å²) in [4.78, 5) is 0. The van der Waals surface area contributed by atoms with Gasteiger partial charge in [0.1, 0.15) is 0 Å². The van der Waals surface area contributed by atoms with Crippen LogP contribution in [0.2, 0.25) is 0 Å². The molecule has 0 N–H and O–H groups in total. The monoisotopic (exact) mass is 609 g/mol. The van der Waals surface area contributed by atoms with E-state index in [9.17, 15) is 0 Å². The predicted molar refractivity (Wildman–Crippen MR) is 195 cm³/mol. The third kappa shape index (κ3) is 3.74. The Bertz CT molecular complexity index is 2530. The van der Waals surface area contributed by atoms with Gasteiger partial charge in [-0.15, -0.1) is 0 Å². The Kier molecular flexibility index (Phi) is 5.85. The van der Waals surface area contributed by atoms with Gasteiger partial charge in [0.05, 0.1) is 11.0 Å². The zero-order valence-corrected chi connectivity index (χ0v) is 26.7. The molecule has 1 unspecified atom stereocenters. The molecule has 8 aromatic rings. The Balaban J connectivity index is 1.28.